The highest BCUT2D eigenvalue weighted by atomic mass is 32.2. The van der Waals surface area contributed by atoms with Gasteiger partial charge < -0.3 is 10.6 Å². The molecular formula is C19H20F3N3O3S2. The minimum Gasteiger partial charge on any atom is -0.337 e. The summed E-state index contributed by atoms with van der Waals surface area (Å²) in [4.78, 5) is 14.3. The van der Waals surface area contributed by atoms with E-state index in [4.69, 9.17) is 5.73 Å². The molecule has 3 atom stereocenters. The van der Waals surface area contributed by atoms with Gasteiger partial charge in [-0.1, -0.05) is 6.07 Å². The lowest BCUT2D eigenvalue weighted by Gasteiger charge is -2.33. The van der Waals surface area contributed by atoms with Gasteiger partial charge >= 0.3 is 0 Å². The van der Waals surface area contributed by atoms with Crippen LogP contribution < -0.4 is 5.73 Å². The summed E-state index contributed by atoms with van der Waals surface area (Å²) in [5, 5.41) is 1.70. The Hall–Kier alpha value is -1.95. The number of rotatable bonds is 6. The number of amides is 1. The molecule has 2 aliphatic rings. The Morgan fingerprint density at radius 3 is 2.53 bits per heavy atom. The van der Waals surface area contributed by atoms with Gasteiger partial charge in [0.05, 0.1) is 0 Å². The zero-order chi connectivity index (χ0) is 21.6. The average Bonchev–Trinajstić information content (AvgIpc) is 3.42. The normalized spacial score (nSPS) is 22.6. The van der Waals surface area contributed by atoms with Gasteiger partial charge in [0.2, 0.25) is 5.91 Å². The number of halogens is 3. The van der Waals surface area contributed by atoms with Crippen molar-refractivity contribution < 1.29 is 26.4 Å². The number of hydrogen-bond acceptors (Lipinski definition) is 5. The second-order valence-corrected chi connectivity index (χ2v) is 10.7. The van der Waals surface area contributed by atoms with Crippen molar-refractivity contribution in [3.63, 3.8) is 0 Å². The Labute approximate surface area is 176 Å². The van der Waals surface area contributed by atoms with E-state index in [9.17, 15) is 26.4 Å². The van der Waals surface area contributed by atoms with Gasteiger partial charge in [0.15, 0.2) is 11.6 Å². The van der Waals surface area contributed by atoms with Crippen molar-refractivity contribution in [1.82, 2.24) is 9.21 Å². The van der Waals surface area contributed by atoms with E-state index in [2.05, 4.69) is 0 Å². The number of piperazine rings is 1. The molecule has 1 aromatic carbocycles. The van der Waals surface area contributed by atoms with Crippen LogP contribution in [0.4, 0.5) is 13.2 Å². The van der Waals surface area contributed by atoms with E-state index in [1.54, 1.807) is 22.4 Å². The molecule has 0 aliphatic carbocycles. The highest BCUT2D eigenvalue weighted by Crippen LogP contribution is 2.36. The Morgan fingerprint density at radius 1 is 1.17 bits per heavy atom. The maximum atomic E-state index is 13.8. The van der Waals surface area contributed by atoms with Crippen LogP contribution in [0.5, 0.6) is 0 Å². The van der Waals surface area contributed by atoms with E-state index in [1.807, 2.05) is 0 Å². The summed E-state index contributed by atoms with van der Waals surface area (Å²) < 4.78 is 67.4. The maximum Gasteiger partial charge on any atom is 0.252 e. The van der Waals surface area contributed by atoms with Crippen LogP contribution in [-0.2, 0) is 21.2 Å². The number of nitrogens with zero attached hydrogens (tertiary/aromatic N) is 2. The molecule has 6 nitrogen and oxygen atoms in total. The fourth-order valence-corrected chi connectivity index (χ4v) is 6.96. The Balaban J connectivity index is 1.37. The van der Waals surface area contributed by atoms with Crippen LogP contribution in [-0.4, -0.2) is 54.7 Å². The molecule has 2 fully saturated rings. The lowest BCUT2D eigenvalue weighted by atomic mass is 10.0. The average molecular weight is 460 g/mol. The minimum absolute atomic E-state index is 0.0923. The van der Waals surface area contributed by atoms with E-state index in [1.165, 1.54) is 4.31 Å². The lowest BCUT2D eigenvalue weighted by Crippen LogP contribution is -2.51. The number of benzene rings is 1. The number of sulfonamides is 1. The predicted octanol–water partition coefficient (Wildman–Crippen LogP) is 2.10. The summed E-state index contributed by atoms with van der Waals surface area (Å²) in [6.45, 7) is 0.504. The monoisotopic (exact) mass is 459 g/mol. The molecule has 0 spiro atoms. The molecule has 2 N–H and O–H groups in total. The zero-order valence-electron chi connectivity index (χ0n) is 15.8. The van der Waals surface area contributed by atoms with Crippen LogP contribution in [0.15, 0.2) is 33.9 Å². The van der Waals surface area contributed by atoms with E-state index in [-0.39, 0.29) is 53.7 Å². The number of hydrogen-bond donors (Lipinski definition) is 1. The predicted molar refractivity (Wildman–Crippen MR) is 105 cm³/mol. The SMILES string of the molecule is N[C@@H](CC(=O)N1CC2CC1CN2S(=O)(=O)c1cccs1)Cc1cc(F)c(F)cc1F. The topological polar surface area (TPSA) is 83.7 Å². The van der Waals surface area contributed by atoms with Crippen LogP contribution in [0.25, 0.3) is 0 Å². The van der Waals surface area contributed by atoms with Crippen LogP contribution in [0.2, 0.25) is 0 Å². The highest BCUT2D eigenvalue weighted by molar-refractivity contribution is 7.91. The molecule has 3 heterocycles. The molecule has 2 bridgehead atoms. The first-order chi connectivity index (χ1) is 14.2. The van der Waals surface area contributed by atoms with Crippen LogP contribution in [0, 0.1) is 17.5 Å². The Bertz CT molecular complexity index is 1060. The van der Waals surface area contributed by atoms with Crippen molar-refractivity contribution >= 4 is 27.3 Å². The third-order valence-corrected chi connectivity index (χ3v) is 8.87. The largest absolute Gasteiger partial charge is 0.337 e. The van der Waals surface area contributed by atoms with Crippen LogP contribution >= 0.6 is 11.3 Å². The molecule has 4 rings (SSSR count). The minimum atomic E-state index is -3.57. The molecule has 0 radical (unpaired) electrons. The Kier molecular flexibility index (Phi) is 5.64. The molecule has 11 heteroatoms. The summed E-state index contributed by atoms with van der Waals surface area (Å²) in [6, 6.07) is 3.16. The second-order valence-electron chi connectivity index (χ2n) is 7.62. The molecule has 1 amide bonds. The summed E-state index contributed by atoms with van der Waals surface area (Å²) >= 11 is 1.16. The molecule has 2 aromatic rings. The quantitative estimate of drug-likeness (QED) is 0.671. The van der Waals surface area contributed by atoms with Crippen LogP contribution in [0.3, 0.4) is 0 Å². The van der Waals surface area contributed by atoms with Gasteiger partial charge in [-0.05, 0) is 35.9 Å². The van der Waals surface area contributed by atoms with E-state index in [0.29, 0.717) is 12.5 Å². The first kappa shape index (κ1) is 21.3. The van der Waals surface area contributed by atoms with Gasteiger partial charge in [-0.15, -0.1) is 11.3 Å². The van der Waals surface area contributed by atoms with Crippen molar-refractivity contribution in [2.24, 2.45) is 5.73 Å². The first-order valence-electron chi connectivity index (χ1n) is 9.40. The fourth-order valence-electron chi connectivity index (χ4n) is 4.17. The third kappa shape index (κ3) is 3.86. The fraction of sp³-hybridized carbons (Fsp3) is 0.421. The number of likely N-dealkylation sites (tertiary alicyclic amines) is 1. The molecule has 1 aromatic heterocycles. The van der Waals surface area contributed by atoms with Crippen LogP contribution in [0.1, 0.15) is 18.4 Å². The smallest absolute Gasteiger partial charge is 0.252 e. The molecule has 162 valence electrons. The van der Waals surface area contributed by atoms with Crippen molar-refractivity contribution in [3.8, 4) is 0 Å². The number of carbonyl (C=O) groups excluding carboxylic acids is 1. The summed E-state index contributed by atoms with van der Waals surface area (Å²) in [5.74, 6) is -3.62. The zero-order valence-corrected chi connectivity index (χ0v) is 17.4. The number of fused-ring (bicyclic) bond motifs is 2. The standard InChI is InChI=1S/C19H20F3N3O3S2/c20-15-8-17(22)16(21)5-11(15)4-12(23)6-18(26)24-9-14-7-13(24)10-25(14)30(27,28)19-2-1-3-29-19/h1-3,5,8,12-14H,4,6-7,9-10,23H2/t12-,13?,14?/m1/s1. The molecule has 2 unspecified atom stereocenters. The molecule has 2 saturated heterocycles. The van der Waals surface area contributed by atoms with Crippen molar-refractivity contribution in [1.29, 1.82) is 0 Å². The summed E-state index contributed by atoms with van der Waals surface area (Å²) in [6.07, 6.45) is 0.346. The lowest BCUT2D eigenvalue weighted by molar-refractivity contribution is -0.133. The van der Waals surface area contributed by atoms with Gasteiger partial charge in [-0.25, -0.2) is 21.6 Å². The highest BCUT2D eigenvalue weighted by Gasteiger charge is 2.50. The molecule has 0 saturated carbocycles. The van der Waals surface area contributed by atoms with Crippen molar-refractivity contribution in [2.75, 3.05) is 13.1 Å². The molecule has 30 heavy (non-hydrogen) atoms. The van der Waals surface area contributed by atoms with Gasteiger partial charge in [0, 0.05) is 43.7 Å². The number of carbonyl (C=O) groups is 1. The van der Waals surface area contributed by atoms with Gasteiger partial charge in [0.1, 0.15) is 10.0 Å². The third-order valence-electron chi connectivity index (χ3n) is 5.58. The molecular weight excluding hydrogens is 439 g/mol. The number of nitrogens with two attached hydrogens (primary N) is 1. The maximum absolute atomic E-state index is 13.8. The second kappa shape index (κ2) is 7.95. The van der Waals surface area contributed by atoms with E-state index < -0.39 is 33.5 Å². The van der Waals surface area contributed by atoms with Gasteiger partial charge in [-0.3, -0.25) is 4.79 Å². The summed E-state index contributed by atoms with van der Waals surface area (Å²) in [7, 11) is -3.57. The summed E-state index contributed by atoms with van der Waals surface area (Å²) in [5.41, 5.74) is 5.86. The van der Waals surface area contributed by atoms with Gasteiger partial charge in [0.25, 0.3) is 10.0 Å². The van der Waals surface area contributed by atoms with E-state index >= 15 is 0 Å². The van der Waals surface area contributed by atoms with E-state index in [0.717, 1.165) is 17.4 Å². The van der Waals surface area contributed by atoms with Crippen molar-refractivity contribution in [3.05, 3.63) is 52.7 Å². The van der Waals surface area contributed by atoms with Gasteiger partial charge in [-0.2, -0.15) is 4.31 Å². The number of thiophene rings is 1. The molecule has 2 aliphatic heterocycles. The first-order valence-corrected chi connectivity index (χ1v) is 11.7. The Morgan fingerprint density at radius 2 is 1.90 bits per heavy atom. The van der Waals surface area contributed by atoms with Crippen molar-refractivity contribution in [2.45, 2.75) is 41.6 Å².